The first-order chi connectivity index (χ1) is 19.4. The van der Waals surface area contributed by atoms with Gasteiger partial charge in [0.25, 0.3) is 0 Å². The van der Waals surface area contributed by atoms with Gasteiger partial charge in [0.2, 0.25) is 17.7 Å². The lowest BCUT2D eigenvalue weighted by Gasteiger charge is -2.27. The van der Waals surface area contributed by atoms with Crippen molar-refractivity contribution in [3.8, 4) is 5.88 Å². The molecule has 10 heteroatoms. The van der Waals surface area contributed by atoms with Crippen LogP contribution in [0.3, 0.4) is 0 Å². The summed E-state index contributed by atoms with van der Waals surface area (Å²) in [5.41, 5.74) is 5.76. The number of carboxylic acid groups (broad SMARTS) is 1. The van der Waals surface area contributed by atoms with Gasteiger partial charge in [-0.05, 0) is 43.2 Å². The first kappa shape index (κ1) is 28.8. The van der Waals surface area contributed by atoms with Gasteiger partial charge in [-0.25, -0.2) is 9.78 Å². The number of hydrogen-bond donors (Lipinski definition) is 3. The predicted octanol–water partition coefficient (Wildman–Crippen LogP) is 3.97. The van der Waals surface area contributed by atoms with Gasteiger partial charge in [0, 0.05) is 23.1 Å². The Bertz CT molecular complexity index is 1510. The number of carbonyl (C=O) groups excluding carboxylic acids is 2. The summed E-state index contributed by atoms with van der Waals surface area (Å²) in [4.78, 5) is 45.6. The molecule has 2 aromatic carbocycles. The molecule has 216 valence electrons. The lowest BCUT2D eigenvalue weighted by atomic mass is 10.1. The number of nitrogens with two attached hydrogens (primary N) is 1. The van der Waals surface area contributed by atoms with Crippen molar-refractivity contribution in [3.05, 3.63) is 60.7 Å². The second kappa shape index (κ2) is 11.7. The number of pyridine rings is 1. The molecule has 2 fully saturated rings. The van der Waals surface area contributed by atoms with Crippen molar-refractivity contribution in [2.45, 2.75) is 68.7 Å². The highest BCUT2D eigenvalue weighted by atomic mass is 35.5. The van der Waals surface area contributed by atoms with E-state index in [1.165, 1.54) is 4.90 Å². The lowest BCUT2D eigenvalue weighted by molar-refractivity contribution is -0.145. The molecule has 3 aromatic rings. The maximum Gasteiger partial charge on any atom is 0.330 e. The zero-order valence-corrected chi connectivity index (χ0v) is 23.5. The maximum absolute atomic E-state index is 13.6. The summed E-state index contributed by atoms with van der Waals surface area (Å²) in [6, 6.07) is 14.1. The molecule has 1 aliphatic carbocycles. The number of amides is 2. The van der Waals surface area contributed by atoms with Crippen molar-refractivity contribution in [1.29, 1.82) is 0 Å². The van der Waals surface area contributed by atoms with Crippen molar-refractivity contribution >= 4 is 51.9 Å². The first-order valence-corrected chi connectivity index (χ1v) is 14.1. The van der Waals surface area contributed by atoms with Crippen LogP contribution in [0.25, 0.3) is 21.7 Å². The second-order valence-corrected chi connectivity index (χ2v) is 11.2. The Morgan fingerprint density at radius 3 is 2.56 bits per heavy atom. The third kappa shape index (κ3) is 5.48. The number of fused-ring (bicyclic) bond motifs is 5. The highest BCUT2D eigenvalue weighted by molar-refractivity contribution is 6.07. The summed E-state index contributed by atoms with van der Waals surface area (Å²) in [5.74, 6) is -1.70. The minimum Gasteiger partial charge on any atom is -0.479 e. The van der Waals surface area contributed by atoms with Crippen LogP contribution in [0.4, 0.5) is 0 Å². The van der Waals surface area contributed by atoms with E-state index in [0.717, 1.165) is 47.4 Å². The molecular formula is C31H35ClN4O5. The van der Waals surface area contributed by atoms with E-state index < -0.39 is 35.6 Å². The lowest BCUT2D eigenvalue weighted by Crippen LogP contribution is -2.55. The van der Waals surface area contributed by atoms with E-state index in [2.05, 4.69) is 5.32 Å². The minimum absolute atomic E-state index is 0. The Balaban J connectivity index is 0.00000337. The number of hydrogen-bond acceptors (Lipinski definition) is 6. The summed E-state index contributed by atoms with van der Waals surface area (Å²) in [5, 5.41) is 15.6. The number of carbonyl (C=O) groups is 3. The fraction of sp³-hybridized carbons (Fsp3) is 0.419. The average molecular weight is 579 g/mol. The van der Waals surface area contributed by atoms with Gasteiger partial charge in [0.15, 0.2) is 0 Å². The van der Waals surface area contributed by atoms with Gasteiger partial charge in [-0.3, -0.25) is 9.59 Å². The number of aliphatic carboxylic acids is 1. The molecule has 2 amide bonds. The van der Waals surface area contributed by atoms with Crippen LogP contribution in [0.1, 0.15) is 44.9 Å². The molecule has 5 unspecified atom stereocenters. The van der Waals surface area contributed by atoms with Crippen LogP contribution in [0.15, 0.2) is 60.7 Å². The zero-order chi connectivity index (χ0) is 27.9. The van der Waals surface area contributed by atoms with E-state index in [0.29, 0.717) is 18.7 Å². The van der Waals surface area contributed by atoms with E-state index in [1.54, 1.807) is 0 Å². The number of aromatic nitrogens is 1. The summed E-state index contributed by atoms with van der Waals surface area (Å²) >= 11 is 0. The Kier molecular flexibility index (Phi) is 8.20. The number of carboxylic acids is 1. The second-order valence-electron chi connectivity index (χ2n) is 11.2. The Morgan fingerprint density at radius 1 is 1.05 bits per heavy atom. The molecule has 1 saturated carbocycles. The topological polar surface area (TPSA) is 135 Å². The van der Waals surface area contributed by atoms with E-state index in [9.17, 15) is 19.5 Å². The molecule has 1 aromatic heterocycles. The molecule has 0 radical (unpaired) electrons. The van der Waals surface area contributed by atoms with Crippen LogP contribution in [0.2, 0.25) is 0 Å². The van der Waals surface area contributed by atoms with Gasteiger partial charge in [-0.1, -0.05) is 61.4 Å². The highest BCUT2D eigenvalue weighted by Crippen LogP contribution is 2.45. The van der Waals surface area contributed by atoms with E-state index in [4.69, 9.17) is 15.5 Å². The van der Waals surface area contributed by atoms with Gasteiger partial charge >= 0.3 is 5.97 Å². The molecule has 0 spiro atoms. The van der Waals surface area contributed by atoms with Crippen molar-refractivity contribution in [3.63, 3.8) is 0 Å². The van der Waals surface area contributed by atoms with Crippen molar-refractivity contribution < 1.29 is 24.2 Å². The van der Waals surface area contributed by atoms with Crippen LogP contribution in [-0.4, -0.2) is 63.0 Å². The summed E-state index contributed by atoms with van der Waals surface area (Å²) in [6.07, 6.45) is 7.95. The molecule has 41 heavy (non-hydrogen) atoms. The number of benzene rings is 2. The van der Waals surface area contributed by atoms with Crippen LogP contribution in [0, 0.1) is 5.92 Å². The fourth-order valence-electron chi connectivity index (χ4n) is 6.16. The molecular weight excluding hydrogens is 544 g/mol. The highest BCUT2D eigenvalue weighted by Gasteiger charge is 2.61. The van der Waals surface area contributed by atoms with Crippen molar-refractivity contribution in [2.75, 3.05) is 6.54 Å². The average Bonchev–Trinajstić information content (AvgIpc) is 3.49. The van der Waals surface area contributed by atoms with Crippen LogP contribution in [-0.2, 0) is 14.4 Å². The number of nitrogens with one attached hydrogen (secondary N) is 1. The van der Waals surface area contributed by atoms with Gasteiger partial charge in [0.1, 0.15) is 17.7 Å². The Hall–Kier alpha value is -3.69. The molecule has 3 aliphatic rings. The van der Waals surface area contributed by atoms with E-state index in [1.807, 2.05) is 60.7 Å². The van der Waals surface area contributed by atoms with Crippen molar-refractivity contribution in [1.82, 2.24) is 15.2 Å². The van der Waals surface area contributed by atoms with Gasteiger partial charge < -0.3 is 25.8 Å². The van der Waals surface area contributed by atoms with Crippen molar-refractivity contribution in [2.24, 2.45) is 11.7 Å². The molecule has 1 saturated heterocycles. The molecule has 6 rings (SSSR count). The Morgan fingerprint density at radius 2 is 1.78 bits per heavy atom. The van der Waals surface area contributed by atoms with Gasteiger partial charge in [-0.2, -0.15) is 0 Å². The number of rotatable bonds is 3. The van der Waals surface area contributed by atoms with E-state index >= 15 is 0 Å². The molecule has 4 N–H and O–H groups in total. The number of allylic oxidation sites excluding steroid dienone is 1. The summed E-state index contributed by atoms with van der Waals surface area (Å²) in [7, 11) is 0. The van der Waals surface area contributed by atoms with Gasteiger partial charge in [-0.15, -0.1) is 12.4 Å². The zero-order valence-electron chi connectivity index (χ0n) is 22.7. The third-order valence-corrected chi connectivity index (χ3v) is 8.51. The predicted molar refractivity (Wildman–Crippen MR) is 158 cm³/mol. The van der Waals surface area contributed by atoms with Crippen LogP contribution < -0.4 is 15.8 Å². The largest absolute Gasteiger partial charge is 0.479 e. The normalized spacial score (nSPS) is 29.3. The minimum atomic E-state index is -1.35. The number of ether oxygens (including phenoxy) is 1. The monoisotopic (exact) mass is 578 g/mol. The molecule has 3 heterocycles. The Labute approximate surface area is 244 Å². The number of halogens is 1. The van der Waals surface area contributed by atoms with E-state index in [-0.39, 0.29) is 37.2 Å². The van der Waals surface area contributed by atoms with Crippen LogP contribution in [0.5, 0.6) is 5.88 Å². The smallest absolute Gasteiger partial charge is 0.330 e. The van der Waals surface area contributed by atoms with Gasteiger partial charge in [0.05, 0.1) is 18.1 Å². The molecule has 0 bridgehead atoms. The maximum atomic E-state index is 13.6. The number of nitrogens with zero attached hydrogens (tertiary/aromatic N) is 2. The molecule has 5 atom stereocenters. The first-order valence-electron chi connectivity index (χ1n) is 14.1. The molecule has 2 aliphatic heterocycles. The third-order valence-electron chi connectivity index (χ3n) is 8.51. The summed E-state index contributed by atoms with van der Waals surface area (Å²) < 4.78 is 6.43. The van der Waals surface area contributed by atoms with Crippen LogP contribution >= 0.6 is 12.4 Å². The molecule has 9 nitrogen and oxygen atoms in total. The SMILES string of the molecule is Cl.NC1CCCCC/C=C\C2CC2(C(=O)O)NC(=O)C2CC(Oc3nc4ccccc4c4ccccc34)CN2C1=O. The standard InChI is InChI=1S/C31H34N4O5.ClH/c32-24-14-5-3-1-2-4-10-19-17-31(19,30(38)39)34-27(36)26-16-20(18-35(26)29(24)37)40-28-23-13-7-6-11-21(23)22-12-8-9-15-25(22)33-28;/h4,6-13,15,19-20,24,26H,1-3,5,14,16-18,32H2,(H,34,36)(H,38,39);1H/b10-4-;. The summed E-state index contributed by atoms with van der Waals surface area (Å²) in [6.45, 7) is 0.164. The number of para-hydroxylation sites is 1. The quantitative estimate of drug-likeness (QED) is 0.316. The fourth-order valence-corrected chi connectivity index (χ4v) is 6.16.